The van der Waals surface area contributed by atoms with E-state index in [1.807, 2.05) is 0 Å². The molecule has 0 bridgehead atoms. The van der Waals surface area contributed by atoms with Gasteiger partial charge in [-0.3, -0.25) is 0 Å². The Labute approximate surface area is 924 Å². The predicted molar refractivity (Wildman–Crippen MR) is 669 cm³/mol. The Hall–Kier alpha value is -5.28. The Bertz CT molecular complexity index is 3360. The summed E-state index contributed by atoms with van der Waals surface area (Å²) in [4.78, 5) is 8.31. The van der Waals surface area contributed by atoms with Crippen LogP contribution in [0.15, 0.2) is 146 Å². The van der Waals surface area contributed by atoms with Gasteiger partial charge in [0, 0.05) is 59.7 Å². The first-order valence-corrected chi connectivity index (χ1v) is 67.4. The lowest BCUT2D eigenvalue weighted by Gasteiger charge is -2.30. The number of rotatable bonds is 111. The molecular weight excluding hydrogens is 1780 g/mol. The second-order valence-electron chi connectivity index (χ2n) is 47.6. The molecule has 842 valence electrons. The molecule has 0 saturated carbocycles. The van der Waals surface area contributed by atoms with Crippen molar-refractivity contribution >= 4 is 34.1 Å². The average Bonchev–Trinajstić information content (AvgIpc) is 0.816. The van der Waals surface area contributed by atoms with Gasteiger partial charge in [-0.25, -0.2) is 0 Å². The Kier molecular flexibility index (Phi) is 87.5. The van der Waals surface area contributed by atoms with E-state index in [4.69, 9.17) is 0 Å². The maximum absolute atomic E-state index is 2.77. The van der Waals surface area contributed by atoms with Gasteiger partial charge in [0.05, 0.1) is 0 Å². The number of hydrogen-bond acceptors (Lipinski definition) is 3. The fourth-order valence-corrected chi connectivity index (χ4v) is 24.3. The number of hydrogen-bond donors (Lipinski definition) is 0. The van der Waals surface area contributed by atoms with Gasteiger partial charge in [0.15, 0.2) is 0 Å². The Morgan fingerprint density at radius 1 is 0.128 bits per heavy atom. The number of para-hydroxylation sites is 3. The van der Waals surface area contributed by atoms with Crippen molar-refractivity contribution in [2.24, 2.45) is 0 Å². The van der Waals surface area contributed by atoms with Crippen molar-refractivity contribution in [1.29, 1.82) is 0 Å². The molecule has 0 spiro atoms. The van der Waals surface area contributed by atoms with Gasteiger partial charge in [-0.2, -0.15) is 0 Å². The zero-order valence-electron chi connectivity index (χ0n) is 99.9. The van der Waals surface area contributed by atoms with Gasteiger partial charge in [0.25, 0.3) is 0 Å². The van der Waals surface area contributed by atoms with Gasteiger partial charge in [0.1, 0.15) is 0 Å². The summed E-state index contributed by atoms with van der Waals surface area (Å²) < 4.78 is 0. The summed E-state index contributed by atoms with van der Waals surface area (Å²) in [5.41, 5.74) is 17.1. The summed E-state index contributed by atoms with van der Waals surface area (Å²) in [6, 6.07) is 59.7. The molecular formula is C145H247N3. The zero-order chi connectivity index (χ0) is 104. The number of benzene rings is 6. The van der Waals surface area contributed by atoms with Crippen LogP contribution in [0.3, 0.4) is 0 Å². The van der Waals surface area contributed by atoms with Crippen LogP contribution >= 0.6 is 0 Å². The fourth-order valence-electron chi connectivity index (χ4n) is 24.3. The first-order valence-electron chi connectivity index (χ1n) is 67.4. The molecule has 0 heterocycles. The van der Waals surface area contributed by atoms with E-state index in [0.29, 0.717) is 0 Å². The molecule has 0 fully saturated rings. The highest BCUT2D eigenvalue weighted by molar-refractivity contribution is 5.71. The quantitative estimate of drug-likeness (QED) is 0.0278. The van der Waals surface area contributed by atoms with Gasteiger partial charge >= 0.3 is 0 Å². The van der Waals surface area contributed by atoms with Crippen molar-refractivity contribution in [3.8, 4) is 0 Å². The van der Waals surface area contributed by atoms with Crippen LogP contribution in [-0.4, -0.2) is 19.6 Å². The van der Waals surface area contributed by atoms with E-state index in [1.54, 1.807) is 0 Å². The van der Waals surface area contributed by atoms with Crippen LogP contribution < -0.4 is 14.7 Å². The average molecular weight is 2030 g/mol. The van der Waals surface area contributed by atoms with Gasteiger partial charge < -0.3 is 14.7 Å². The minimum atomic E-state index is 0.0556. The first-order chi connectivity index (χ1) is 73.5. The molecule has 6 aromatic carbocycles. The SMILES string of the molecule is CCCCCCCCCCCCCCCCCCc1ccccc1N(CCCCCCCCCCCCCCCCCC)c1ccc(C(c2ccc(N(CCCCCCCCCCCCCCCCCC)c3ccccc3CCCCCCCCCCCCCCCCCC)cc2)c2ccc(N(CCCCCCCCCCCCCCCCCC)c3ccccc3CCCCCCCCCCCCCCCCCC)cc2)cc1. The van der Waals surface area contributed by atoms with Crippen LogP contribution in [0.25, 0.3) is 0 Å². The monoisotopic (exact) mass is 2030 g/mol. The Balaban J connectivity index is 1.30. The summed E-state index contributed by atoms with van der Waals surface area (Å²) in [6.07, 6.45) is 138. The third-order valence-corrected chi connectivity index (χ3v) is 34.1. The second kappa shape index (κ2) is 98.6. The van der Waals surface area contributed by atoms with Gasteiger partial charge in [0.2, 0.25) is 0 Å². The van der Waals surface area contributed by atoms with Crippen LogP contribution in [0.5, 0.6) is 0 Å². The van der Waals surface area contributed by atoms with Crippen molar-refractivity contribution in [3.05, 3.63) is 179 Å². The smallest absolute Gasteiger partial charge is 0.0443 e. The molecule has 0 unspecified atom stereocenters. The first kappa shape index (κ1) is 131. The molecule has 0 N–H and O–H groups in total. The molecule has 3 nitrogen and oxygen atoms in total. The maximum atomic E-state index is 2.77. The Morgan fingerprint density at radius 3 is 0.392 bits per heavy atom. The molecule has 0 aliphatic rings. The number of unbranched alkanes of at least 4 members (excludes halogenated alkanes) is 90. The maximum Gasteiger partial charge on any atom is 0.0443 e. The minimum absolute atomic E-state index is 0.0556. The standard InChI is InChI=1S/C145H247N3/c1-7-13-19-25-31-37-43-49-55-61-67-73-79-85-91-97-109-133-112-100-103-115-142(133)146(130-106-94-88-82-76-70-64-58-52-46-40-34-28-22-16-10-4)139-124-118-136(119-125-139)145(137-120-126-140(127-121-137)147(131-107-95-89-83-77-71-65-59-53-47-41-35-29-23-17-11-5)143-116-104-101-113-134(143)110-98-92-86-80-74-68-62-56-50-44-38-32-26-20-14-8-2)138-122-128-141(129-123-138)148(132-108-96-90-84-78-72-66-60-54-48-42-36-30-24-18-12-6)144-117-105-102-114-135(144)111-99-93-87-81-75-69-63-57-51-45-39-33-27-21-15-9-3/h100-105,112-129,145H,7-99,106-111,130-132H2,1-6H3. The van der Waals surface area contributed by atoms with Crippen molar-refractivity contribution in [3.63, 3.8) is 0 Å². The molecule has 148 heavy (non-hydrogen) atoms. The molecule has 6 aromatic rings. The summed E-state index contributed by atoms with van der Waals surface area (Å²) in [5.74, 6) is 0.0556. The molecule has 6 rings (SSSR count). The third kappa shape index (κ3) is 67.5. The highest BCUT2D eigenvalue weighted by Crippen LogP contribution is 2.42. The molecule has 3 heteroatoms. The lowest BCUT2D eigenvalue weighted by atomic mass is 9.84. The molecule has 0 aliphatic heterocycles. The summed E-state index contributed by atoms with van der Waals surface area (Å²) >= 11 is 0. The molecule has 0 amide bonds. The van der Waals surface area contributed by atoms with Crippen molar-refractivity contribution in [1.82, 2.24) is 0 Å². The number of anilines is 6. The second-order valence-corrected chi connectivity index (χ2v) is 47.6. The van der Waals surface area contributed by atoms with E-state index in [2.05, 4.69) is 202 Å². The van der Waals surface area contributed by atoms with E-state index >= 15 is 0 Å². The highest BCUT2D eigenvalue weighted by Gasteiger charge is 2.24. The van der Waals surface area contributed by atoms with E-state index in [9.17, 15) is 0 Å². The number of nitrogens with zero attached hydrogens (tertiary/aromatic N) is 3. The van der Waals surface area contributed by atoms with E-state index in [0.717, 1.165) is 38.9 Å². The topological polar surface area (TPSA) is 9.72 Å². The lowest BCUT2D eigenvalue weighted by molar-refractivity contribution is 0.529. The van der Waals surface area contributed by atoms with Crippen LogP contribution in [0, 0.1) is 0 Å². The summed E-state index contributed by atoms with van der Waals surface area (Å²) in [7, 11) is 0. The van der Waals surface area contributed by atoms with Gasteiger partial charge in [-0.1, -0.05) is 710 Å². The van der Waals surface area contributed by atoms with E-state index in [1.165, 1.54) is 684 Å². The normalized spacial score (nSPS) is 11.7. The van der Waals surface area contributed by atoms with E-state index < -0.39 is 0 Å². The van der Waals surface area contributed by atoms with Crippen molar-refractivity contribution in [2.75, 3.05) is 34.3 Å². The van der Waals surface area contributed by atoms with E-state index in [-0.39, 0.29) is 5.92 Å². The van der Waals surface area contributed by atoms with Crippen molar-refractivity contribution in [2.45, 2.75) is 683 Å². The zero-order valence-corrected chi connectivity index (χ0v) is 99.9. The molecule has 0 radical (unpaired) electrons. The van der Waals surface area contributed by atoms with Crippen LogP contribution in [-0.2, 0) is 19.3 Å². The van der Waals surface area contributed by atoms with Crippen LogP contribution in [0.4, 0.5) is 34.1 Å². The minimum Gasteiger partial charge on any atom is -0.341 e. The Morgan fingerprint density at radius 2 is 0.250 bits per heavy atom. The predicted octanol–water partition coefficient (Wildman–Crippen LogP) is 50.5. The third-order valence-electron chi connectivity index (χ3n) is 34.1. The van der Waals surface area contributed by atoms with Crippen LogP contribution in [0.2, 0.25) is 0 Å². The summed E-state index contributed by atoms with van der Waals surface area (Å²) in [6.45, 7) is 17.2. The lowest BCUT2D eigenvalue weighted by Crippen LogP contribution is -2.20. The van der Waals surface area contributed by atoms with Gasteiger partial charge in [-0.05, 0) is 146 Å². The van der Waals surface area contributed by atoms with Crippen molar-refractivity contribution < 1.29 is 0 Å². The van der Waals surface area contributed by atoms with Gasteiger partial charge in [-0.15, -0.1) is 0 Å². The molecule has 0 atom stereocenters. The summed E-state index contributed by atoms with van der Waals surface area (Å²) in [5, 5.41) is 0. The number of aryl methyl sites for hydroxylation is 3. The largest absolute Gasteiger partial charge is 0.341 e. The molecule has 0 aliphatic carbocycles. The fraction of sp³-hybridized carbons (Fsp3) is 0.752. The highest BCUT2D eigenvalue weighted by atomic mass is 15.1. The molecule has 0 aromatic heterocycles. The molecule has 0 saturated heterocycles. The van der Waals surface area contributed by atoms with Crippen LogP contribution in [0.1, 0.15) is 697 Å².